The van der Waals surface area contributed by atoms with Crippen LogP contribution in [-0.2, 0) is 6.54 Å². The van der Waals surface area contributed by atoms with E-state index >= 15 is 0 Å². The second kappa shape index (κ2) is 5.31. The van der Waals surface area contributed by atoms with Crippen molar-refractivity contribution in [3.8, 4) is 0 Å². The highest BCUT2D eigenvalue weighted by Crippen LogP contribution is 2.18. The molecule has 100 valence electrons. The molecule has 0 unspecified atom stereocenters. The standard InChI is InChI=1S/C12H10BrNO5/c1-6-9(12(16)17)4-7(19-6)5-14-11(15)8-2-3-18-10(8)13/h2-4H,5H2,1H3,(H,14,15)(H,16,17). The van der Waals surface area contributed by atoms with Crippen molar-refractivity contribution in [1.82, 2.24) is 5.32 Å². The number of rotatable bonds is 4. The predicted octanol–water partition coefficient (Wildman–Crippen LogP) is 2.57. The molecule has 0 fully saturated rings. The van der Waals surface area contributed by atoms with Crippen LogP contribution < -0.4 is 5.32 Å². The second-order valence-corrected chi connectivity index (χ2v) is 4.50. The first-order valence-corrected chi connectivity index (χ1v) is 6.12. The van der Waals surface area contributed by atoms with Crippen molar-refractivity contribution >= 4 is 27.8 Å². The highest BCUT2D eigenvalue weighted by molar-refractivity contribution is 9.10. The van der Waals surface area contributed by atoms with Gasteiger partial charge in [0.1, 0.15) is 17.1 Å². The quantitative estimate of drug-likeness (QED) is 0.900. The van der Waals surface area contributed by atoms with Crippen molar-refractivity contribution in [1.29, 1.82) is 0 Å². The van der Waals surface area contributed by atoms with E-state index < -0.39 is 5.97 Å². The lowest BCUT2D eigenvalue weighted by Gasteiger charge is -2.00. The SMILES string of the molecule is Cc1oc(CNC(=O)c2ccoc2Br)cc1C(=O)O. The number of furan rings is 2. The summed E-state index contributed by atoms with van der Waals surface area (Å²) in [5.41, 5.74) is 0.454. The number of carbonyl (C=O) groups is 2. The Morgan fingerprint density at radius 1 is 1.42 bits per heavy atom. The first-order chi connectivity index (χ1) is 8.99. The van der Waals surface area contributed by atoms with Gasteiger partial charge in [-0.25, -0.2) is 4.79 Å². The van der Waals surface area contributed by atoms with Crippen LogP contribution in [0.5, 0.6) is 0 Å². The Bertz CT molecular complexity index is 628. The van der Waals surface area contributed by atoms with E-state index in [2.05, 4.69) is 21.2 Å². The molecule has 0 aliphatic carbocycles. The highest BCUT2D eigenvalue weighted by atomic mass is 79.9. The average Bonchev–Trinajstić information content (AvgIpc) is 2.92. The van der Waals surface area contributed by atoms with Crippen LogP contribution in [0.2, 0.25) is 0 Å². The maximum atomic E-state index is 11.8. The Morgan fingerprint density at radius 2 is 2.16 bits per heavy atom. The van der Waals surface area contributed by atoms with Crippen LogP contribution in [0.4, 0.5) is 0 Å². The lowest BCUT2D eigenvalue weighted by atomic mass is 10.2. The first kappa shape index (κ1) is 13.4. The monoisotopic (exact) mass is 327 g/mol. The fourth-order valence-corrected chi connectivity index (χ4v) is 1.98. The van der Waals surface area contributed by atoms with Gasteiger partial charge in [-0.3, -0.25) is 4.79 Å². The smallest absolute Gasteiger partial charge is 0.339 e. The molecule has 0 aliphatic heterocycles. The molecule has 0 aromatic carbocycles. The van der Waals surface area contributed by atoms with Crippen LogP contribution >= 0.6 is 15.9 Å². The van der Waals surface area contributed by atoms with Crippen molar-refractivity contribution in [2.45, 2.75) is 13.5 Å². The Hall–Kier alpha value is -2.02. The molecule has 0 aliphatic rings. The Morgan fingerprint density at radius 3 is 2.68 bits per heavy atom. The average molecular weight is 328 g/mol. The predicted molar refractivity (Wildman–Crippen MR) is 68.0 cm³/mol. The summed E-state index contributed by atoms with van der Waals surface area (Å²) in [6.45, 7) is 1.66. The van der Waals surface area contributed by atoms with E-state index in [0.717, 1.165) is 0 Å². The molecule has 0 saturated heterocycles. The fourth-order valence-electron chi connectivity index (χ4n) is 1.56. The third-order valence-corrected chi connectivity index (χ3v) is 3.10. The lowest BCUT2D eigenvalue weighted by molar-refractivity contribution is 0.0694. The maximum absolute atomic E-state index is 11.8. The van der Waals surface area contributed by atoms with Gasteiger partial charge in [0.25, 0.3) is 5.91 Å². The summed E-state index contributed by atoms with van der Waals surface area (Å²) in [4.78, 5) is 22.6. The summed E-state index contributed by atoms with van der Waals surface area (Å²) >= 11 is 3.10. The molecule has 2 aromatic rings. The number of aromatic carboxylic acids is 1. The molecule has 2 aromatic heterocycles. The zero-order chi connectivity index (χ0) is 14.0. The molecule has 2 N–H and O–H groups in total. The molecule has 6 nitrogen and oxygen atoms in total. The summed E-state index contributed by atoms with van der Waals surface area (Å²) in [6, 6.07) is 2.91. The number of carboxylic acids is 1. The van der Waals surface area contributed by atoms with Crippen LogP contribution in [0.15, 0.2) is 31.9 Å². The highest BCUT2D eigenvalue weighted by Gasteiger charge is 2.16. The number of nitrogens with one attached hydrogen (secondary N) is 1. The zero-order valence-electron chi connectivity index (χ0n) is 9.90. The second-order valence-electron chi connectivity index (χ2n) is 3.78. The third kappa shape index (κ3) is 2.87. The molecule has 0 bridgehead atoms. The molecule has 19 heavy (non-hydrogen) atoms. The maximum Gasteiger partial charge on any atom is 0.339 e. The van der Waals surface area contributed by atoms with E-state index in [4.69, 9.17) is 13.9 Å². The van der Waals surface area contributed by atoms with E-state index in [0.29, 0.717) is 21.8 Å². The van der Waals surface area contributed by atoms with Crippen molar-refractivity contribution in [3.05, 3.63) is 45.7 Å². The van der Waals surface area contributed by atoms with Gasteiger partial charge >= 0.3 is 5.97 Å². The Labute approximate surface area is 116 Å². The normalized spacial score (nSPS) is 10.4. The largest absolute Gasteiger partial charge is 0.478 e. The van der Waals surface area contributed by atoms with Gasteiger partial charge in [-0.15, -0.1) is 0 Å². The summed E-state index contributed by atoms with van der Waals surface area (Å²) in [7, 11) is 0. The molecule has 7 heteroatoms. The number of hydrogen-bond acceptors (Lipinski definition) is 4. The van der Waals surface area contributed by atoms with Crippen molar-refractivity contribution in [3.63, 3.8) is 0 Å². The van der Waals surface area contributed by atoms with Crippen LogP contribution in [0.3, 0.4) is 0 Å². The number of aryl methyl sites for hydroxylation is 1. The van der Waals surface area contributed by atoms with Gasteiger partial charge in [-0.1, -0.05) is 0 Å². The van der Waals surface area contributed by atoms with Crippen molar-refractivity contribution in [2.24, 2.45) is 0 Å². The molecule has 2 heterocycles. The number of amides is 1. The van der Waals surface area contributed by atoms with E-state index in [-0.39, 0.29) is 18.0 Å². The summed E-state index contributed by atoms with van der Waals surface area (Å²) in [5, 5.41) is 11.5. The summed E-state index contributed by atoms with van der Waals surface area (Å²) in [5.74, 6) is -0.716. The van der Waals surface area contributed by atoms with Crippen LogP contribution in [0.25, 0.3) is 0 Å². The molecule has 1 amide bonds. The first-order valence-electron chi connectivity index (χ1n) is 5.33. The van der Waals surface area contributed by atoms with Crippen molar-refractivity contribution in [2.75, 3.05) is 0 Å². The van der Waals surface area contributed by atoms with E-state index in [1.807, 2.05) is 0 Å². The molecule has 0 saturated carbocycles. The third-order valence-electron chi connectivity index (χ3n) is 2.48. The topological polar surface area (TPSA) is 92.7 Å². The minimum atomic E-state index is -1.06. The van der Waals surface area contributed by atoms with Gasteiger partial charge in [-0.05, 0) is 35.0 Å². The Kier molecular flexibility index (Phi) is 3.75. The van der Waals surface area contributed by atoms with Gasteiger partial charge in [0.05, 0.1) is 18.4 Å². The zero-order valence-corrected chi connectivity index (χ0v) is 11.5. The molecule has 2 rings (SSSR count). The summed E-state index contributed by atoms with van der Waals surface area (Å²) in [6.07, 6.45) is 1.39. The molecule has 0 radical (unpaired) electrons. The van der Waals surface area contributed by atoms with Gasteiger partial charge in [0.15, 0.2) is 4.67 Å². The number of carboxylic acid groups (broad SMARTS) is 1. The lowest BCUT2D eigenvalue weighted by Crippen LogP contribution is -2.22. The molecule has 0 spiro atoms. The van der Waals surface area contributed by atoms with Gasteiger partial charge in [0, 0.05) is 0 Å². The number of carbonyl (C=O) groups excluding carboxylic acids is 1. The minimum Gasteiger partial charge on any atom is -0.478 e. The van der Waals surface area contributed by atoms with Crippen LogP contribution in [0, 0.1) is 6.92 Å². The van der Waals surface area contributed by atoms with Crippen molar-refractivity contribution < 1.29 is 23.5 Å². The van der Waals surface area contributed by atoms with Gasteiger partial charge < -0.3 is 19.3 Å². The number of halogens is 1. The fraction of sp³-hybridized carbons (Fsp3) is 0.167. The summed E-state index contributed by atoms with van der Waals surface area (Å²) < 4.78 is 10.5. The number of hydrogen-bond donors (Lipinski definition) is 2. The van der Waals surface area contributed by atoms with Gasteiger partial charge in [-0.2, -0.15) is 0 Å². The van der Waals surface area contributed by atoms with E-state index in [1.165, 1.54) is 18.4 Å². The van der Waals surface area contributed by atoms with E-state index in [9.17, 15) is 9.59 Å². The molecule has 0 atom stereocenters. The van der Waals surface area contributed by atoms with Gasteiger partial charge in [0.2, 0.25) is 0 Å². The molecular formula is C12H10BrNO5. The van der Waals surface area contributed by atoms with Crippen LogP contribution in [0.1, 0.15) is 32.2 Å². The minimum absolute atomic E-state index is 0.0914. The van der Waals surface area contributed by atoms with E-state index in [1.54, 1.807) is 6.92 Å². The Balaban J connectivity index is 2.03. The molecular weight excluding hydrogens is 318 g/mol. The van der Waals surface area contributed by atoms with Crippen LogP contribution in [-0.4, -0.2) is 17.0 Å².